The number of hydrogen-bond donors (Lipinski definition) is 1. The van der Waals surface area contributed by atoms with Crippen LogP contribution in [0.3, 0.4) is 0 Å². The summed E-state index contributed by atoms with van der Waals surface area (Å²) in [6.45, 7) is 1.94. The molecule has 102 valence electrons. The average molecular weight is 307 g/mol. The van der Waals surface area contributed by atoms with Crippen molar-refractivity contribution in [2.75, 3.05) is 0 Å². The normalized spacial score (nSPS) is 10.7. The van der Waals surface area contributed by atoms with Crippen LogP contribution in [0.25, 0.3) is 10.8 Å². The van der Waals surface area contributed by atoms with Crippen molar-refractivity contribution in [2.45, 2.75) is 13.5 Å². The zero-order chi connectivity index (χ0) is 13.9. The number of carbonyl (C=O) groups is 1. The maximum Gasteiger partial charge on any atom is 0.268 e. The van der Waals surface area contributed by atoms with Crippen LogP contribution in [0.4, 0.5) is 0 Å². The van der Waals surface area contributed by atoms with Crippen molar-refractivity contribution >= 4 is 28.8 Å². The van der Waals surface area contributed by atoms with E-state index in [0.717, 1.165) is 16.4 Å². The Labute approximate surface area is 121 Å². The fourth-order valence-corrected chi connectivity index (χ4v) is 2.72. The summed E-state index contributed by atoms with van der Waals surface area (Å²) in [6, 6.07) is 3.80. The summed E-state index contributed by atoms with van der Waals surface area (Å²) in [5, 5.41) is 12.3. The first-order valence-corrected chi connectivity index (χ1v) is 7.33. The predicted molar refractivity (Wildman–Crippen MR) is 73.4 cm³/mol. The van der Waals surface area contributed by atoms with Crippen LogP contribution in [-0.2, 0) is 6.54 Å². The molecule has 0 fully saturated rings. The van der Waals surface area contributed by atoms with Gasteiger partial charge >= 0.3 is 0 Å². The maximum atomic E-state index is 11.9. The molecule has 0 aliphatic carbocycles. The van der Waals surface area contributed by atoms with Gasteiger partial charge in [0, 0.05) is 0 Å². The third kappa shape index (κ3) is 2.58. The van der Waals surface area contributed by atoms with Crippen LogP contribution in [0.15, 0.2) is 22.0 Å². The lowest BCUT2D eigenvalue weighted by molar-refractivity contribution is 0.0953. The molecule has 0 aliphatic rings. The minimum absolute atomic E-state index is 0.199. The van der Waals surface area contributed by atoms with E-state index in [9.17, 15) is 4.79 Å². The van der Waals surface area contributed by atoms with Gasteiger partial charge in [-0.25, -0.2) is 0 Å². The average Bonchev–Trinajstić information content (AvgIpc) is 3.16. The SMILES string of the molecule is Cc1nnsc1C(=O)NCc1noc(-c2cccs2)n1. The number of thiophene rings is 1. The second-order valence-corrected chi connectivity index (χ2v) is 5.57. The highest BCUT2D eigenvalue weighted by molar-refractivity contribution is 7.13. The molecule has 0 spiro atoms. The summed E-state index contributed by atoms with van der Waals surface area (Å²) in [7, 11) is 0. The van der Waals surface area contributed by atoms with Gasteiger partial charge in [0.1, 0.15) is 4.88 Å². The molecule has 1 amide bonds. The maximum absolute atomic E-state index is 11.9. The summed E-state index contributed by atoms with van der Waals surface area (Å²) in [5.74, 6) is 0.650. The molecule has 0 bridgehead atoms. The van der Waals surface area contributed by atoms with E-state index in [1.54, 1.807) is 6.92 Å². The van der Waals surface area contributed by atoms with Crippen molar-refractivity contribution in [1.29, 1.82) is 0 Å². The Morgan fingerprint density at radius 2 is 2.40 bits per heavy atom. The van der Waals surface area contributed by atoms with E-state index in [0.29, 0.717) is 22.3 Å². The van der Waals surface area contributed by atoms with Crippen LogP contribution in [0.5, 0.6) is 0 Å². The van der Waals surface area contributed by atoms with Crippen LogP contribution in [0.2, 0.25) is 0 Å². The largest absolute Gasteiger partial charge is 0.344 e. The van der Waals surface area contributed by atoms with E-state index >= 15 is 0 Å². The Hall–Kier alpha value is -2.13. The van der Waals surface area contributed by atoms with Gasteiger partial charge in [-0.3, -0.25) is 4.79 Å². The number of nitrogens with zero attached hydrogens (tertiary/aromatic N) is 4. The van der Waals surface area contributed by atoms with Crippen molar-refractivity contribution in [3.05, 3.63) is 33.9 Å². The first-order chi connectivity index (χ1) is 9.74. The van der Waals surface area contributed by atoms with E-state index in [1.165, 1.54) is 11.3 Å². The molecule has 1 N–H and O–H groups in total. The van der Waals surface area contributed by atoms with Gasteiger partial charge in [-0.15, -0.1) is 16.4 Å². The van der Waals surface area contributed by atoms with E-state index in [2.05, 4.69) is 25.0 Å². The summed E-state index contributed by atoms with van der Waals surface area (Å²) in [6.07, 6.45) is 0. The van der Waals surface area contributed by atoms with Gasteiger partial charge in [-0.1, -0.05) is 15.7 Å². The van der Waals surface area contributed by atoms with E-state index in [1.807, 2.05) is 17.5 Å². The number of aryl methyl sites for hydroxylation is 1. The second-order valence-electron chi connectivity index (χ2n) is 3.86. The number of nitrogens with one attached hydrogen (secondary N) is 1. The molecule has 0 saturated carbocycles. The Bertz CT molecular complexity index is 719. The molecule has 3 aromatic heterocycles. The van der Waals surface area contributed by atoms with E-state index in [-0.39, 0.29) is 12.5 Å². The highest BCUT2D eigenvalue weighted by Crippen LogP contribution is 2.22. The second kappa shape index (κ2) is 5.47. The van der Waals surface area contributed by atoms with Crippen molar-refractivity contribution < 1.29 is 9.32 Å². The number of hydrogen-bond acceptors (Lipinski definition) is 8. The molecule has 0 atom stereocenters. The monoisotopic (exact) mass is 307 g/mol. The zero-order valence-electron chi connectivity index (χ0n) is 10.4. The van der Waals surface area contributed by atoms with E-state index < -0.39 is 0 Å². The standard InChI is InChI=1S/C11H9N5O2S2/c1-6-9(20-16-14-6)10(17)12-5-8-13-11(18-15-8)7-3-2-4-19-7/h2-4H,5H2,1H3,(H,12,17). The van der Waals surface area contributed by atoms with Gasteiger partial charge in [0.15, 0.2) is 5.82 Å². The van der Waals surface area contributed by atoms with Gasteiger partial charge in [0.2, 0.25) is 0 Å². The molecule has 0 saturated heterocycles. The number of amides is 1. The predicted octanol–water partition coefficient (Wildman–Crippen LogP) is 1.89. The molecule has 9 heteroatoms. The lowest BCUT2D eigenvalue weighted by atomic mass is 10.4. The zero-order valence-corrected chi connectivity index (χ0v) is 12.0. The quantitative estimate of drug-likeness (QED) is 0.791. The third-order valence-corrected chi connectivity index (χ3v) is 4.15. The van der Waals surface area contributed by atoms with Crippen molar-refractivity contribution in [1.82, 2.24) is 25.0 Å². The van der Waals surface area contributed by atoms with Crippen molar-refractivity contribution in [3.8, 4) is 10.8 Å². The Kier molecular flexibility index (Phi) is 3.52. The van der Waals surface area contributed by atoms with Crippen LogP contribution in [0.1, 0.15) is 21.2 Å². The molecule has 0 radical (unpaired) electrons. The van der Waals surface area contributed by atoms with Crippen LogP contribution in [-0.4, -0.2) is 25.6 Å². The number of carbonyl (C=O) groups excluding carboxylic acids is 1. The molecular weight excluding hydrogens is 298 g/mol. The summed E-state index contributed by atoms with van der Waals surface area (Å²) in [5.41, 5.74) is 0.611. The highest BCUT2D eigenvalue weighted by atomic mass is 32.1. The number of rotatable bonds is 4. The fourth-order valence-electron chi connectivity index (χ4n) is 1.51. The third-order valence-electron chi connectivity index (χ3n) is 2.46. The fraction of sp³-hybridized carbons (Fsp3) is 0.182. The van der Waals surface area contributed by atoms with Crippen molar-refractivity contribution in [3.63, 3.8) is 0 Å². The summed E-state index contributed by atoms with van der Waals surface area (Å²) < 4.78 is 8.85. The molecule has 3 rings (SSSR count). The molecule has 0 aliphatic heterocycles. The topological polar surface area (TPSA) is 93.8 Å². The van der Waals surface area contributed by atoms with Gasteiger partial charge in [0.25, 0.3) is 11.8 Å². The molecule has 7 nitrogen and oxygen atoms in total. The Morgan fingerprint density at radius 3 is 3.10 bits per heavy atom. The Morgan fingerprint density at radius 1 is 1.50 bits per heavy atom. The van der Waals surface area contributed by atoms with Gasteiger partial charge in [-0.05, 0) is 29.9 Å². The lowest BCUT2D eigenvalue weighted by Crippen LogP contribution is -2.23. The number of aromatic nitrogens is 4. The van der Waals surface area contributed by atoms with Gasteiger partial charge < -0.3 is 9.84 Å². The van der Waals surface area contributed by atoms with Crippen LogP contribution < -0.4 is 5.32 Å². The summed E-state index contributed by atoms with van der Waals surface area (Å²) in [4.78, 5) is 17.5. The first kappa shape index (κ1) is 12.9. The summed E-state index contributed by atoms with van der Waals surface area (Å²) >= 11 is 2.58. The molecule has 0 aromatic carbocycles. The smallest absolute Gasteiger partial charge is 0.268 e. The minimum atomic E-state index is -0.236. The molecule has 0 unspecified atom stereocenters. The first-order valence-electron chi connectivity index (χ1n) is 5.67. The Balaban J connectivity index is 1.65. The molecule has 3 aromatic rings. The van der Waals surface area contributed by atoms with Crippen molar-refractivity contribution in [2.24, 2.45) is 0 Å². The van der Waals surface area contributed by atoms with Crippen LogP contribution in [0, 0.1) is 6.92 Å². The molecule has 20 heavy (non-hydrogen) atoms. The lowest BCUT2D eigenvalue weighted by Gasteiger charge is -1.98. The molecular formula is C11H9N5O2S2. The van der Waals surface area contributed by atoms with Crippen LogP contribution >= 0.6 is 22.9 Å². The van der Waals surface area contributed by atoms with Gasteiger partial charge in [0.05, 0.1) is 17.1 Å². The highest BCUT2D eigenvalue weighted by Gasteiger charge is 2.15. The van der Waals surface area contributed by atoms with E-state index in [4.69, 9.17) is 4.52 Å². The minimum Gasteiger partial charge on any atom is -0.344 e. The molecule has 3 heterocycles. The van der Waals surface area contributed by atoms with Gasteiger partial charge in [-0.2, -0.15) is 4.98 Å².